The van der Waals surface area contributed by atoms with Crippen LogP contribution in [-0.2, 0) is 7.05 Å². The van der Waals surface area contributed by atoms with Gasteiger partial charge >= 0.3 is 0 Å². The Morgan fingerprint density at radius 1 is 1.25 bits per heavy atom. The number of nitrogens with zero attached hydrogens (tertiary/aromatic N) is 4. The van der Waals surface area contributed by atoms with Gasteiger partial charge in [-0.15, -0.1) is 0 Å². The zero-order valence-electron chi connectivity index (χ0n) is 14.2. The van der Waals surface area contributed by atoms with Gasteiger partial charge < -0.3 is 4.90 Å². The zero-order chi connectivity index (χ0) is 16.8. The van der Waals surface area contributed by atoms with E-state index < -0.39 is 0 Å². The fourth-order valence-electron chi connectivity index (χ4n) is 3.80. The van der Waals surface area contributed by atoms with Crippen LogP contribution < -0.4 is 10.5 Å². The summed E-state index contributed by atoms with van der Waals surface area (Å²) >= 11 is 0. The van der Waals surface area contributed by atoms with Gasteiger partial charge in [0.25, 0.3) is 5.56 Å². The van der Waals surface area contributed by atoms with Crippen LogP contribution in [0.2, 0.25) is 0 Å². The largest absolute Gasteiger partial charge is 0.335 e. The first-order valence-electron chi connectivity index (χ1n) is 8.32. The third-order valence-electron chi connectivity index (χ3n) is 5.02. The molecule has 0 spiro atoms. The first-order valence-corrected chi connectivity index (χ1v) is 8.32. The predicted octanol–water partition coefficient (Wildman–Crippen LogP) is 2.61. The SMILES string of the molecule is Cc1nn(C)c(C)c1[C@H]1CCCN1c1nc2ccccc2c(=O)[nH]1. The van der Waals surface area contributed by atoms with Gasteiger partial charge in [0.15, 0.2) is 0 Å². The summed E-state index contributed by atoms with van der Waals surface area (Å²) in [7, 11) is 1.97. The number of H-pyrrole nitrogens is 1. The molecular weight excluding hydrogens is 302 g/mol. The van der Waals surface area contributed by atoms with E-state index in [4.69, 9.17) is 4.98 Å². The number of hydrogen-bond acceptors (Lipinski definition) is 4. The number of anilines is 1. The molecule has 24 heavy (non-hydrogen) atoms. The summed E-state index contributed by atoms with van der Waals surface area (Å²) in [6, 6.07) is 7.68. The summed E-state index contributed by atoms with van der Waals surface area (Å²) in [5.41, 5.74) is 4.13. The smallest absolute Gasteiger partial charge is 0.260 e. The molecule has 0 bridgehead atoms. The van der Waals surface area contributed by atoms with Crippen molar-refractivity contribution >= 4 is 16.9 Å². The summed E-state index contributed by atoms with van der Waals surface area (Å²) < 4.78 is 1.93. The molecule has 3 heterocycles. The highest BCUT2D eigenvalue weighted by atomic mass is 16.1. The van der Waals surface area contributed by atoms with Crippen LogP contribution in [0.25, 0.3) is 10.9 Å². The molecule has 0 unspecified atom stereocenters. The van der Waals surface area contributed by atoms with Crippen LogP contribution in [0.15, 0.2) is 29.1 Å². The van der Waals surface area contributed by atoms with Crippen molar-refractivity contribution in [3.05, 3.63) is 51.6 Å². The third-order valence-corrected chi connectivity index (χ3v) is 5.02. The first kappa shape index (κ1) is 14.9. The predicted molar refractivity (Wildman–Crippen MR) is 94.4 cm³/mol. The average Bonchev–Trinajstić information content (AvgIpc) is 3.12. The second-order valence-electron chi connectivity index (χ2n) is 6.47. The second kappa shape index (κ2) is 5.47. The van der Waals surface area contributed by atoms with Gasteiger partial charge in [0, 0.05) is 24.8 Å². The van der Waals surface area contributed by atoms with E-state index in [1.807, 2.05) is 36.0 Å². The average molecular weight is 323 g/mol. The molecule has 3 aromatic rings. The molecule has 0 radical (unpaired) electrons. The van der Waals surface area contributed by atoms with Gasteiger partial charge in [0.2, 0.25) is 5.95 Å². The molecule has 6 heteroatoms. The van der Waals surface area contributed by atoms with Crippen molar-refractivity contribution in [1.29, 1.82) is 0 Å². The van der Waals surface area contributed by atoms with E-state index in [0.717, 1.165) is 30.6 Å². The van der Waals surface area contributed by atoms with Gasteiger partial charge in [-0.25, -0.2) is 4.98 Å². The van der Waals surface area contributed by atoms with Crippen LogP contribution in [0.4, 0.5) is 5.95 Å². The van der Waals surface area contributed by atoms with E-state index in [1.165, 1.54) is 11.3 Å². The number of nitrogens with one attached hydrogen (secondary N) is 1. The van der Waals surface area contributed by atoms with E-state index in [9.17, 15) is 4.79 Å². The summed E-state index contributed by atoms with van der Waals surface area (Å²) in [6.45, 7) is 5.04. The van der Waals surface area contributed by atoms with Crippen LogP contribution in [0, 0.1) is 13.8 Å². The Kier molecular flexibility index (Phi) is 3.40. The van der Waals surface area contributed by atoms with E-state index in [2.05, 4.69) is 28.8 Å². The molecule has 1 fully saturated rings. The lowest BCUT2D eigenvalue weighted by molar-refractivity contribution is 0.686. The van der Waals surface area contributed by atoms with Crippen LogP contribution in [-0.4, -0.2) is 26.3 Å². The summed E-state index contributed by atoms with van der Waals surface area (Å²) in [4.78, 5) is 22.3. The zero-order valence-corrected chi connectivity index (χ0v) is 14.2. The highest BCUT2D eigenvalue weighted by Crippen LogP contribution is 2.37. The molecule has 1 atom stereocenters. The Labute approximate surface area is 140 Å². The van der Waals surface area contributed by atoms with Gasteiger partial charge in [-0.3, -0.25) is 14.5 Å². The molecule has 0 saturated carbocycles. The molecule has 0 amide bonds. The van der Waals surface area contributed by atoms with Crippen molar-refractivity contribution in [2.45, 2.75) is 32.7 Å². The molecule has 1 aliphatic heterocycles. The maximum Gasteiger partial charge on any atom is 0.260 e. The Morgan fingerprint density at radius 3 is 2.79 bits per heavy atom. The number of aryl methyl sites for hydroxylation is 2. The van der Waals surface area contributed by atoms with E-state index >= 15 is 0 Å². The normalized spacial score (nSPS) is 17.8. The summed E-state index contributed by atoms with van der Waals surface area (Å²) in [5, 5.41) is 5.18. The first-order chi connectivity index (χ1) is 11.6. The standard InChI is InChI=1S/C18H21N5O/c1-11-16(12(2)22(3)21-11)15-9-6-10-23(15)18-19-14-8-5-4-7-13(14)17(24)20-18/h4-5,7-8,15H,6,9-10H2,1-3H3,(H,19,20,24)/t15-/m1/s1. The Bertz CT molecular complexity index is 971. The number of aromatic nitrogens is 4. The fourth-order valence-corrected chi connectivity index (χ4v) is 3.80. The number of para-hydroxylation sites is 1. The van der Waals surface area contributed by atoms with Crippen LogP contribution in [0.3, 0.4) is 0 Å². The van der Waals surface area contributed by atoms with Crippen molar-refractivity contribution in [2.24, 2.45) is 7.05 Å². The Balaban J connectivity index is 1.82. The monoisotopic (exact) mass is 323 g/mol. The van der Waals surface area contributed by atoms with Gasteiger partial charge in [-0.05, 0) is 38.8 Å². The van der Waals surface area contributed by atoms with Crippen LogP contribution in [0.5, 0.6) is 0 Å². The molecule has 6 nitrogen and oxygen atoms in total. The number of fused-ring (bicyclic) bond motifs is 1. The fraction of sp³-hybridized carbons (Fsp3) is 0.389. The van der Waals surface area contributed by atoms with Gasteiger partial charge in [-0.1, -0.05) is 12.1 Å². The third kappa shape index (κ3) is 2.21. The van der Waals surface area contributed by atoms with Gasteiger partial charge in [-0.2, -0.15) is 5.10 Å². The quantitative estimate of drug-likeness (QED) is 0.787. The van der Waals surface area contributed by atoms with E-state index in [1.54, 1.807) is 0 Å². The van der Waals surface area contributed by atoms with Crippen LogP contribution >= 0.6 is 0 Å². The minimum absolute atomic E-state index is 0.0825. The van der Waals surface area contributed by atoms with Crippen molar-refractivity contribution in [3.63, 3.8) is 0 Å². The number of benzene rings is 1. The van der Waals surface area contributed by atoms with E-state index in [-0.39, 0.29) is 11.6 Å². The van der Waals surface area contributed by atoms with E-state index in [0.29, 0.717) is 11.3 Å². The lowest BCUT2D eigenvalue weighted by atomic mass is 10.0. The minimum atomic E-state index is -0.0825. The Morgan fingerprint density at radius 2 is 2.04 bits per heavy atom. The number of hydrogen-bond donors (Lipinski definition) is 1. The maximum absolute atomic E-state index is 12.4. The van der Waals surface area contributed by atoms with Crippen LogP contribution in [0.1, 0.15) is 35.8 Å². The molecular formula is C18H21N5O. The molecule has 1 aromatic carbocycles. The highest BCUT2D eigenvalue weighted by Gasteiger charge is 2.32. The van der Waals surface area contributed by atoms with Crippen molar-refractivity contribution in [1.82, 2.24) is 19.7 Å². The molecule has 124 valence electrons. The lowest BCUT2D eigenvalue weighted by Gasteiger charge is -2.26. The molecule has 1 saturated heterocycles. The molecule has 2 aromatic heterocycles. The minimum Gasteiger partial charge on any atom is -0.335 e. The van der Waals surface area contributed by atoms with Crippen molar-refractivity contribution in [3.8, 4) is 0 Å². The lowest BCUT2D eigenvalue weighted by Crippen LogP contribution is -2.27. The van der Waals surface area contributed by atoms with Crippen molar-refractivity contribution in [2.75, 3.05) is 11.4 Å². The Hall–Kier alpha value is -2.63. The molecule has 1 N–H and O–H groups in total. The van der Waals surface area contributed by atoms with Gasteiger partial charge in [0.05, 0.1) is 22.6 Å². The second-order valence-corrected chi connectivity index (χ2v) is 6.47. The van der Waals surface area contributed by atoms with Crippen molar-refractivity contribution < 1.29 is 0 Å². The number of aromatic amines is 1. The summed E-state index contributed by atoms with van der Waals surface area (Å²) in [5.74, 6) is 0.656. The molecule has 0 aliphatic carbocycles. The highest BCUT2D eigenvalue weighted by molar-refractivity contribution is 5.78. The summed E-state index contributed by atoms with van der Waals surface area (Å²) in [6.07, 6.45) is 2.12. The maximum atomic E-state index is 12.4. The topological polar surface area (TPSA) is 66.8 Å². The molecule has 4 rings (SSSR count). The molecule has 1 aliphatic rings. The number of rotatable bonds is 2. The van der Waals surface area contributed by atoms with Gasteiger partial charge in [0.1, 0.15) is 0 Å².